The summed E-state index contributed by atoms with van der Waals surface area (Å²) in [4.78, 5) is 10.9. The molecular formula is C13H18N2O4S2. The summed E-state index contributed by atoms with van der Waals surface area (Å²) >= 11 is 1.64. The molecule has 1 fully saturated rings. The first-order valence-corrected chi connectivity index (χ1v) is 9.18. The summed E-state index contributed by atoms with van der Waals surface area (Å²) in [5.74, 6) is -1.31. The van der Waals surface area contributed by atoms with Gasteiger partial charge in [-0.2, -0.15) is 11.8 Å². The van der Waals surface area contributed by atoms with Gasteiger partial charge in [-0.25, -0.2) is 17.9 Å². The molecule has 0 amide bonds. The van der Waals surface area contributed by atoms with Crippen molar-refractivity contribution in [2.75, 3.05) is 18.5 Å². The van der Waals surface area contributed by atoms with Gasteiger partial charge in [0.1, 0.15) is 0 Å². The molecule has 1 aromatic rings. The Kier molecular flexibility index (Phi) is 4.50. The first kappa shape index (κ1) is 16.1. The molecule has 0 heterocycles. The lowest BCUT2D eigenvalue weighted by Crippen LogP contribution is -2.45. The fourth-order valence-electron chi connectivity index (χ4n) is 2.28. The molecule has 0 radical (unpaired) electrons. The van der Waals surface area contributed by atoms with Crippen LogP contribution in [0.5, 0.6) is 0 Å². The molecule has 21 heavy (non-hydrogen) atoms. The molecule has 0 atom stereocenters. The largest absolute Gasteiger partial charge is 0.478 e. The van der Waals surface area contributed by atoms with Gasteiger partial charge < -0.3 is 10.8 Å². The van der Waals surface area contributed by atoms with Crippen molar-refractivity contribution >= 4 is 33.4 Å². The summed E-state index contributed by atoms with van der Waals surface area (Å²) in [5.41, 5.74) is 5.43. The van der Waals surface area contributed by atoms with Gasteiger partial charge in [0.2, 0.25) is 10.0 Å². The SMILES string of the molecule is CSC1(CNS(=O)(=O)c2ccc(N)cc2C(=O)O)CCC1. The fraction of sp³-hybridized carbons (Fsp3) is 0.462. The van der Waals surface area contributed by atoms with E-state index in [1.54, 1.807) is 11.8 Å². The molecule has 0 saturated heterocycles. The number of benzene rings is 1. The van der Waals surface area contributed by atoms with Crippen LogP contribution in [0, 0.1) is 0 Å². The summed E-state index contributed by atoms with van der Waals surface area (Å²) in [6.45, 7) is 0.305. The monoisotopic (exact) mass is 330 g/mol. The Hall–Kier alpha value is -1.25. The molecule has 4 N–H and O–H groups in total. The van der Waals surface area contributed by atoms with Crippen molar-refractivity contribution in [3.05, 3.63) is 23.8 Å². The van der Waals surface area contributed by atoms with Gasteiger partial charge in [-0.05, 0) is 37.3 Å². The van der Waals surface area contributed by atoms with E-state index in [0.717, 1.165) is 25.3 Å². The van der Waals surface area contributed by atoms with Crippen molar-refractivity contribution in [2.45, 2.75) is 28.9 Å². The Balaban J connectivity index is 2.25. The molecule has 1 aromatic carbocycles. The first-order valence-electron chi connectivity index (χ1n) is 6.47. The van der Waals surface area contributed by atoms with Gasteiger partial charge >= 0.3 is 5.97 Å². The van der Waals surface area contributed by atoms with Crippen LogP contribution in [0.3, 0.4) is 0 Å². The number of nitrogens with one attached hydrogen (secondary N) is 1. The summed E-state index contributed by atoms with van der Waals surface area (Å²) in [6.07, 6.45) is 4.97. The molecule has 1 saturated carbocycles. The second kappa shape index (κ2) is 5.86. The van der Waals surface area contributed by atoms with Crippen LogP contribution < -0.4 is 10.5 Å². The molecule has 0 aromatic heterocycles. The lowest BCUT2D eigenvalue weighted by atomic mass is 9.84. The molecule has 0 aliphatic heterocycles. The maximum absolute atomic E-state index is 12.3. The standard InChI is InChI=1S/C13H18N2O4S2/c1-20-13(5-2-6-13)8-15-21(18,19)11-4-3-9(14)7-10(11)12(16)17/h3-4,7,15H,2,5-6,8,14H2,1H3,(H,16,17). The van der Waals surface area contributed by atoms with E-state index in [1.807, 2.05) is 6.26 Å². The van der Waals surface area contributed by atoms with Crippen molar-refractivity contribution in [3.63, 3.8) is 0 Å². The minimum absolute atomic E-state index is 0.0652. The molecule has 116 valence electrons. The van der Waals surface area contributed by atoms with Gasteiger partial charge in [-0.1, -0.05) is 6.42 Å². The zero-order chi connectivity index (χ0) is 15.7. The average molecular weight is 330 g/mol. The lowest BCUT2D eigenvalue weighted by Gasteiger charge is -2.40. The minimum atomic E-state index is -3.87. The molecular weight excluding hydrogens is 312 g/mol. The third-order valence-electron chi connectivity index (χ3n) is 3.81. The van der Waals surface area contributed by atoms with Crippen molar-refractivity contribution < 1.29 is 18.3 Å². The van der Waals surface area contributed by atoms with Crippen LogP contribution in [-0.4, -0.2) is 37.0 Å². The molecule has 2 rings (SSSR count). The van der Waals surface area contributed by atoms with Crippen molar-refractivity contribution in [2.24, 2.45) is 0 Å². The van der Waals surface area contributed by atoms with Crippen molar-refractivity contribution in [1.29, 1.82) is 0 Å². The Morgan fingerprint density at radius 1 is 1.48 bits per heavy atom. The van der Waals surface area contributed by atoms with E-state index in [-0.39, 0.29) is 20.9 Å². The van der Waals surface area contributed by atoms with Crippen LogP contribution in [0.1, 0.15) is 29.6 Å². The van der Waals surface area contributed by atoms with Crippen LogP contribution in [-0.2, 0) is 10.0 Å². The second-order valence-electron chi connectivity index (χ2n) is 5.13. The van der Waals surface area contributed by atoms with E-state index in [1.165, 1.54) is 12.1 Å². The zero-order valence-electron chi connectivity index (χ0n) is 11.6. The van der Waals surface area contributed by atoms with E-state index in [2.05, 4.69) is 4.72 Å². The Labute approximate surface area is 128 Å². The quantitative estimate of drug-likeness (QED) is 0.682. The van der Waals surface area contributed by atoms with Crippen LogP contribution in [0.15, 0.2) is 23.1 Å². The first-order chi connectivity index (χ1) is 9.80. The van der Waals surface area contributed by atoms with Gasteiger partial charge in [0.25, 0.3) is 0 Å². The van der Waals surface area contributed by atoms with Crippen LogP contribution >= 0.6 is 11.8 Å². The maximum atomic E-state index is 12.3. The number of hydrogen-bond donors (Lipinski definition) is 3. The van der Waals surface area contributed by atoms with E-state index < -0.39 is 16.0 Å². The fourth-order valence-corrected chi connectivity index (χ4v) is 4.59. The maximum Gasteiger partial charge on any atom is 0.337 e. The normalized spacial score (nSPS) is 17.2. The summed E-state index contributed by atoms with van der Waals surface area (Å²) in [6, 6.07) is 3.77. The molecule has 0 spiro atoms. The minimum Gasteiger partial charge on any atom is -0.478 e. The van der Waals surface area contributed by atoms with E-state index in [0.29, 0.717) is 6.54 Å². The smallest absolute Gasteiger partial charge is 0.337 e. The van der Waals surface area contributed by atoms with E-state index in [9.17, 15) is 13.2 Å². The number of carboxylic acids is 1. The highest BCUT2D eigenvalue weighted by Crippen LogP contribution is 2.42. The number of aromatic carboxylic acids is 1. The molecule has 0 unspecified atom stereocenters. The zero-order valence-corrected chi connectivity index (χ0v) is 13.3. The van der Waals surface area contributed by atoms with Crippen LogP contribution in [0.2, 0.25) is 0 Å². The second-order valence-corrected chi connectivity index (χ2v) is 8.14. The number of carboxylic acid groups (broad SMARTS) is 1. The third-order valence-corrected chi connectivity index (χ3v) is 6.68. The molecule has 6 nitrogen and oxygen atoms in total. The van der Waals surface area contributed by atoms with Crippen molar-refractivity contribution in [3.8, 4) is 0 Å². The Morgan fingerprint density at radius 3 is 2.62 bits per heavy atom. The number of carbonyl (C=O) groups is 1. The predicted octanol–water partition coefficient (Wildman–Crippen LogP) is 1.53. The number of anilines is 1. The summed E-state index contributed by atoms with van der Waals surface area (Å²) in [5, 5.41) is 9.13. The number of hydrogen-bond acceptors (Lipinski definition) is 5. The highest BCUT2D eigenvalue weighted by molar-refractivity contribution is 8.00. The van der Waals surface area contributed by atoms with E-state index in [4.69, 9.17) is 10.8 Å². The molecule has 0 bridgehead atoms. The lowest BCUT2D eigenvalue weighted by molar-refractivity contribution is 0.0692. The van der Waals surface area contributed by atoms with Crippen LogP contribution in [0.25, 0.3) is 0 Å². The average Bonchev–Trinajstić information content (AvgIpc) is 2.37. The van der Waals surface area contributed by atoms with Gasteiger partial charge in [-0.3, -0.25) is 0 Å². The number of thioether (sulfide) groups is 1. The summed E-state index contributed by atoms with van der Waals surface area (Å²) < 4.78 is 27.2. The van der Waals surface area contributed by atoms with Crippen molar-refractivity contribution in [1.82, 2.24) is 4.72 Å². The topological polar surface area (TPSA) is 109 Å². The van der Waals surface area contributed by atoms with Gasteiger partial charge in [0.05, 0.1) is 10.5 Å². The number of rotatable bonds is 6. The summed E-state index contributed by atoms with van der Waals surface area (Å²) in [7, 11) is -3.87. The predicted molar refractivity (Wildman–Crippen MR) is 83.1 cm³/mol. The number of sulfonamides is 1. The highest BCUT2D eigenvalue weighted by Gasteiger charge is 2.37. The Bertz CT molecular complexity index is 649. The van der Waals surface area contributed by atoms with Gasteiger partial charge in [-0.15, -0.1) is 0 Å². The number of nitrogens with two attached hydrogens (primary N) is 1. The van der Waals surface area contributed by atoms with Gasteiger partial charge in [0, 0.05) is 17.0 Å². The van der Waals surface area contributed by atoms with Crippen LogP contribution in [0.4, 0.5) is 5.69 Å². The Morgan fingerprint density at radius 2 is 2.14 bits per heavy atom. The molecule has 8 heteroatoms. The van der Waals surface area contributed by atoms with Gasteiger partial charge in [0.15, 0.2) is 0 Å². The molecule has 1 aliphatic rings. The number of nitrogen functional groups attached to an aromatic ring is 1. The highest BCUT2D eigenvalue weighted by atomic mass is 32.2. The van der Waals surface area contributed by atoms with E-state index >= 15 is 0 Å². The third kappa shape index (κ3) is 3.33. The molecule has 1 aliphatic carbocycles.